The largest absolute Gasteiger partial charge is 0.384 e. The normalized spacial score (nSPS) is 16.1. The van der Waals surface area contributed by atoms with Gasteiger partial charge < -0.3 is 5.32 Å². The van der Waals surface area contributed by atoms with Gasteiger partial charge in [-0.1, -0.05) is 12.1 Å². The molecule has 0 aromatic heterocycles. The van der Waals surface area contributed by atoms with Crippen molar-refractivity contribution in [3.05, 3.63) is 24.3 Å². The van der Waals surface area contributed by atoms with Gasteiger partial charge in [-0.25, -0.2) is 13.1 Å². The predicted octanol–water partition coefficient (Wildman–Crippen LogP) is 1.42. The van der Waals surface area contributed by atoms with Crippen molar-refractivity contribution < 1.29 is 8.42 Å². The number of anilines is 1. The number of nitrogens with one attached hydrogen (secondary N) is 2. The van der Waals surface area contributed by atoms with E-state index in [2.05, 4.69) is 10.0 Å². The Morgan fingerprint density at radius 1 is 1.31 bits per heavy atom. The molecule has 0 radical (unpaired) electrons. The number of hydrogen-bond donors (Lipinski definition) is 2. The molecule has 2 rings (SSSR count). The third-order valence-electron chi connectivity index (χ3n) is 2.72. The lowest BCUT2D eigenvalue weighted by Gasteiger charge is -2.11. The molecular formula is C11H16N2O2S. The van der Waals surface area contributed by atoms with Gasteiger partial charge >= 0.3 is 0 Å². The summed E-state index contributed by atoms with van der Waals surface area (Å²) in [5.74, 6) is 0.713. The van der Waals surface area contributed by atoms with Gasteiger partial charge in [-0.15, -0.1) is 0 Å². The first kappa shape index (κ1) is 11.4. The fraction of sp³-hybridized carbons (Fsp3) is 0.455. The first-order valence-corrected chi connectivity index (χ1v) is 6.88. The van der Waals surface area contributed by atoms with Crippen molar-refractivity contribution in [1.29, 1.82) is 0 Å². The Hall–Kier alpha value is -1.07. The van der Waals surface area contributed by atoms with Gasteiger partial charge in [0.2, 0.25) is 10.0 Å². The third-order valence-corrected chi connectivity index (χ3v) is 4.20. The first-order valence-electron chi connectivity index (χ1n) is 5.40. The Morgan fingerprint density at radius 3 is 2.62 bits per heavy atom. The van der Waals surface area contributed by atoms with Crippen LogP contribution in [0.1, 0.15) is 12.8 Å². The van der Waals surface area contributed by atoms with E-state index >= 15 is 0 Å². The van der Waals surface area contributed by atoms with Crippen molar-refractivity contribution in [2.75, 3.05) is 18.9 Å². The average molecular weight is 240 g/mol. The second-order valence-corrected chi connectivity index (χ2v) is 5.88. The van der Waals surface area contributed by atoms with Crippen LogP contribution in [0, 0.1) is 5.92 Å². The summed E-state index contributed by atoms with van der Waals surface area (Å²) in [6.07, 6.45) is 2.49. The zero-order valence-electron chi connectivity index (χ0n) is 9.23. The van der Waals surface area contributed by atoms with Crippen LogP contribution in [0.25, 0.3) is 0 Å². The molecule has 1 aliphatic rings. The molecule has 4 nitrogen and oxygen atoms in total. The Kier molecular flexibility index (Phi) is 3.16. The molecule has 2 N–H and O–H groups in total. The maximum atomic E-state index is 11.7. The molecule has 5 heteroatoms. The maximum absolute atomic E-state index is 11.7. The van der Waals surface area contributed by atoms with Crippen molar-refractivity contribution in [3.63, 3.8) is 0 Å². The van der Waals surface area contributed by atoms with E-state index in [0.29, 0.717) is 16.5 Å². The monoisotopic (exact) mass is 240 g/mol. The number of hydrogen-bond acceptors (Lipinski definition) is 3. The molecule has 0 bridgehead atoms. The molecule has 0 amide bonds. The minimum atomic E-state index is -3.37. The van der Waals surface area contributed by atoms with Crippen molar-refractivity contribution in [1.82, 2.24) is 4.72 Å². The summed E-state index contributed by atoms with van der Waals surface area (Å²) in [5, 5.41) is 3.20. The number of para-hydroxylation sites is 1. The topological polar surface area (TPSA) is 58.2 Å². The molecule has 16 heavy (non-hydrogen) atoms. The standard InChI is InChI=1S/C11H16N2O2S/c1-12-16(14,15)11-5-3-2-4-10(11)13-8-9-6-7-9/h2-5,9,12-13H,6-8H2,1H3. The third kappa shape index (κ3) is 2.54. The van der Waals surface area contributed by atoms with Crippen LogP contribution in [0.5, 0.6) is 0 Å². The van der Waals surface area contributed by atoms with E-state index in [1.165, 1.54) is 19.9 Å². The van der Waals surface area contributed by atoms with E-state index in [4.69, 9.17) is 0 Å². The van der Waals surface area contributed by atoms with Gasteiger partial charge in [0.15, 0.2) is 0 Å². The molecule has 0 aliphatic heterocycles. The number of rotatable bonds is 5. The second-order valence-electron chi connectivity index (χ2n) is 4.03. The quantitative estimate of drug-likeness (QED) is 0.818. The Bertz CT molecular complexity index is 467. The molecule has 1 aliphatic carbocycles. The molecule has 88 valence electrons. The van der Waals surface area contributed by atoms with Crippen LogP contribution < -0.4 is 10.0 Å². The molecular weight excluding hydrogens is 224 g/mol. The van der Waals surface area contributed by atoms with Gasteiger partial charge in [0.05, 0.1) is 5.69 Å². The SMILES string of the molecule is CNS(=O)(=O)c1ccccc1NCC1CC1. The Morgan fingerprint density at radius 2 is 2.00 bits per heavy atom. The van der Waals surface area contributed by atoms with Gasteiger partial charge in [0, 0.05) is 6.54 Å². The summed E-state index contributed by atoms with van der Waals surface area (Å²) in [4.78, 5) is 0.318. The van der Waals surface area contributed by atoms with Crippen LogP contribution in [0.15, 0.2) is 29.2 Å². The molecule has 1 aromatic carbocycles. The Balaban J connectivity index is 2.22. The molecule has 1 aromatic rings. The minimum Gasteiger partial charge on any atom is -0.384 e. The summed E-state index contributed by atoms with van der Waals surface area (Å²) in [6, 6.07) is 6.98. The van der Waals surface area contributed by atoms with E-state index in [-0.39, 0.29) is 0 Å². The zero-order chi connectivity index (χ0) is 11.6. The summed E-state index contributed by atoms with van der Waals surface area (Å²) < 4.78 is 25.8. The van der Waals surface area contributed by atoms with Gasteiger partial charge in [0.25, 0.3) is 0 Å². The highest BCUT2D eigenvalue weighted by atomic mass is 32.2. The molecule has 1 fully saturated rings. The second kappa shape index (κ2) is 4.43. The molecule has 0 unspecified atom stereocenters. The summed E-state index contributed by atoms with van der Waals surface area (Å²) in [7, 11) is -1.95. The van der Waals surface area contributed by atoms with E-state index in [9.17, 15) is 8.42 Å². The number of sulfonamides is 1. The summed E-state index contributed by atoms with van der Waals surface area (Å²) in [6.45, 7) is 0.857. The lowest BCUT2D eigenvalue weighted by Crippen LogP contribution is -2.20. The van der Waals surface area contributed by atoms with E-state index in [1.807, 2.05) is 6.07 Å². The molecule has 0 heterocycles. The van der Waals surface area contributed by atoms with Gasteiger partial charge in [0.1, 0.15) is 4.90 Å². The predicted molar refractivity (Wildman–Crippen MR) is 63.9 cm³/mol. The molecule has 0 spiro atoms. The maximum Gasteiger partial charge on any atom is 0.242 e. The Labute approximate surface area is 96.1 Å². The van der Waals surface area contributed by atoms with Crippen LogP contribution in [0.2, 0.25) is 0 Å². The summed E-state index contributed by atoms with van der Waals surface area (Å²) in [5.41, 5.74) is 0.684. The van der Waals surface area contributed by atoms with Crippen LogP contribution in [-0.4, -0.2) is 22.0 Å². The van der Waals surface area contributed by atoms with Crippen molar-refractivity contribution >= 4 is 15.7 Å². The van der Waals surface area contributed by atoms with E-state index < -0.39 is 10.0 Å². The molecule has 1 saturated carbocycles. The average Bonchev–Trinajstić information content (AvgIpc) is 3.10. The highest BCUT2D eigenvalue weighted by molar-refractivity contribution is 7.89. The fourth-order valence-corrected chi connectivity index (χ4v) is 2.44. The minimum absolute atomic E-state index is 0.318. The van der Waals surface area contributed by atoms with Crippen molar-refractivity contribution in [3.8, 4) is 0 Å². The first-order chi connectivity index (χ1) is 7.63. The van der Waals surface area contributed by atoms with Gasteiger partial charge in [-0.3, -0.25) is 0 Å². The van der Waals surface area contributed by atoms with E-state index in [1.54, 1.807) is 18.2 Å². The van der Waals surface area contributed by atoms with Crippen molar-refractivity contribution in [2.24, 2.45) is 5.92 Å². The summed E-state index contributed by atoms with van der Waals surface area (Å²) >= 11 is 0. The highest BCUT2D eigenvalue weighted by Gasteiger charge is 2.22. The zero-order valence-corrected chi connectivity index (χ0v) is 10.0. The van der Waals surface area contributed by atoms with Crippen LogP contribution in [-0.2, 0) is 10.0 Å². The van der Waals surface area contributed by atoms with Crippen molar-refractivity contribution in [2.45, 2.75) is 17.7 Å². The van der Waals surface area contributed by atoms with Crippen LogP contribution >= 0.6 is 0 Å². The number of benzene rings is 1. The van der Waals surface area contributed by atoms with Crippen LogP contribution in [0.4, 0.5) is 5.69 Å². The van der Waals surface area contributed by atoms with E-state index in [0.717, 1.165) is 6.54 Å². The molecule has 0 atom stereocenters. The van der Waals surface area contributed by atoms with Gasteiger partial charge in [-0.2, -0.15) is 0 Å². The fourth-order valence-electron chi connectivity index (χ4n) is 1.53. The van der Waals surface area contributed by atoms with Crippen LogP contribution in [0.3, 0.4) is 0 Å². The van der Waals surface area contributed by atoms with Gasteiger partial charge in [-0.05, 0) is 37.9 Å². The lowest BCUT2D eigenvalue weighted by molar-refractivity contribution is 0.588. The molecule has 0 saturated heterocycles. The smallest absolute Gasteiger partial charge is 0.242 e. The lowest BCUT2D eigenvalue weighted by atomic mass is 10.3. The highest BCUT2D eigenvalue weighted by Crippen LogP contribution is 2.30.